The molecule has 1 amide bonds. The molecule has 2 fully saturated rings. The molecule has 4 rings (SSSR count). The monoisotopic (exact) mass is 403 g/mol. The van der Waals surface area contributed by atoms with Crippen molar-refractivity contribution in [3.05, 3.63) is 30.1 Å². The van der Waals surface area contributed by atoms with E-state index in [-0.39, 0.29) is 52.9 Å². The number of anilines is 2. The van der Waals surface area contributed by atoms with E-state index >= 15 is 4.39 Å². The summed E-state index contributed by atoms with van der Waals surface area (Å²) >= 11 is 0. The summed E-state index contributed by atoms with van der Waals surface area (Å²) in [6.45, 7) is 8.52. The number of morpholine rings is 1. The largest absolute Gasteiger partial charge is 0.447 e. The first-order chi connectivity index (χ1) is 13.9. The standard InChI is InChI=1S/C20H22FN3O5/c1-4-5-14-10-27-20(26)24(14)19-15-6-13(9-25)17(16(21)18(15)29-22-19)23-7-11(2)28-12(3)8-23/h4,6,9,11-12,14H,1,5,7-8,10H2,2-3H3. The Morgan fingerprint density at radius 2 is 2.07 bits per heavy atom. The number of fused-ring (bicyclic) bond motifs is 1. The zero-order chi connectivity index (χ0) is 20.7. The molecule has 29 heavy (non-hydrogen) atoms. The summed E-state index contributed by atoms with van der Waals surface area (Å²) in [6, 6.07) is 1.19. The third-order valence-electron chi connectivity index (χ3n) is 5.18. The smallest absolute Gasteiger partial charge is 0.416 e. The van der Waals surface area contributed by atoms with E-state index in [1.807, 2.05) is 13.8 Å². The molecule has 1 aromatic carbocycles. The normalized spacial score (nSPS) is 24.8. The zero-order valence-corrected chi connectivity index (χ0v) is 16.3. The van der Waals surface area contributed by atoms with Crippen molar-refractivity contribution in [2.45, 2.75) is 38.5 Å². The van der Waals surface area contributed by atoms with Gasteiger partial charge < -0.3 is 18.9 Å². The molecule has 3 unspecified atom stereocenters. The van der Waals surface area contributed by atoms with Crippen LogP contribution in [0.3, 0.4) is 0 Å². The van der Waals surface area contributed by atoms with Gasteiger partial charge in [-0.2, -0.15) is 0 Å². The number of amides is 1. The number of rotatable bonds is 5. The van der Waals surface area contributed by atoms with Crippen LogP contribution in [0.1, 0.15) is 30.6 Å². The number of carbonyl (C=O) groups excluding carboxylic acids is 2. The number of hydrogen-bond donors (Lipinski definition) is 0. The highest BCUT2D eigenvalue weighted by Crippen LogP contribution is 2.38. The zero-order valence-electron chi connectivity index (χ0n) is 16.3. The summed E-state index contributed by atoms with van der Waals surface area (Å²) in [6.07, 6.45) is 1.92. The molecule has 154 valence electrons. The molecular formula is C20H22FN3O5. The van der Waals surface area contributed by atoms with Gasteiger partial charge in [0, 0.05) is 18.7 Å². The Hall–Kier alpha value is -2.94. The maximum Gasteiger partial charge on any atom is 0.416 e. The number of nitrogens with zero attached hydrogens (tertiary/aromatic N) is 3. The molecule has 2 saturated heterocycles. The first-order valence-electron chi connectivity index (χ1n) is 9.49. The molecule has 3 atom stereocenters. The van der Waals surface area contributed by atoms with Crippen molar-refractivity contribution in [3.63, 3.8) is 0 Å². The predicted octanol–water partition coefficient (Wildman–Crippen LogP) is 3.29. The van der Waals surface area contributed by atoms with Crippen LogP contribution in [-0.2, 0) is 9.47 Å². The van der Waals surface area contributed by atoms with Crippen molar-refractivity contribution >= 4 is 34.9 Å². The van der Waals surface area contributed by atoms with E-state index < -0.39 is 11.9 Å². The van der Waals surface area contributed by atoms with Crippen LogP contribution in [0, 0.1) is 5.82 Å². The number of benzene rings is 1. The summed E-state index contributed by atoms with van der Waals surface area (Å²) in [5.74, 6) is -0.552. The van der Waals surface area contributed by atoms with E-state index in [1.165, 1.54) is 11.0 Å². The fraction of sp³-hybridized carbons (Fsp3) is 0.450. The van der Waals surface area contributed by atoms with E-state index in [0.29, 0.717) is 25.8 Å². The highest BCUT2D eigenvalue weighted by Gasteiger charge is 2.38. The van der Waals surface area contributed by atoms with Gasteiger partial charge in [-0.15, -0.1) is 6.58 Å². The summed E-state index contributed by atoms with van der Waals surface area (Å²) in [4.78, 5) is 27.2. The number of aldehydes is 1. The maximum atomic E-state index is 15.5. The van der Waals surface area contributed by atoms with Gasteiger partial charge in [0.05, 0.1) is 29.3 Å². The number of ether oxygens (including phenoxy) is 2. The van der Waals surface area contributed by atoms with Gasteiger partial charge in [0.1, 0.15) is 6.61 Å². The molecule has 9 heteroatoms. The van der Waals surface area contributed by atoms with Crippen LogP contribution in [0.5, 0.6) is 0 Å². The first kappa shape index (κ1) is 19.4. The molecule has 0 saturated carbocycles. The Bertz CT molecular complexity index is 965. The highest BCUT2D eigenvalue weighted by atomic mass is 19.1. The molecule has 2 aliphatic rings. The average Bonchev–Trinajstić information content (AvgIpc) is 3.24. The van der Waals surface area contributed by atoms with Gasteiger partial charge >= 0.3 is 6.09 Å². The number of cyclic esters (lactones) is 1. The van der Waals surface area contributed by atoms with Gasteiger partial charge in [-0.05, 0) is 26.3 Å². The Balaban J connectivity index is 1.82. The topological polar surface area (TPSA) is 85.1 Å². The minimum absolute atomic E-state index is 0.107. The third kappa shape index (κ3) is 3.25. The SMILES string of the molecule is C=CCC1COC(=O)N1c1noc2c(F)c(N3CC(C)OC(C)C3)c(C=O)cc12. The van der Waals surface area contributed by atoms with Gasteiger partial charge in [0.2, 0.25) is 5.58 Å². The van der Waals surface area contributed by atoms with Gasteiger partial charge in [-0.1, -0.05) is 11.2 Å². The quantitative estimate of drug-likeness (QED) is 0.559. The van der Waals surface area contributed by atoms with E-state index in [4.69, 9.17) is 14.0 Å². The second-order valence-corrected chi connectivity index (χ2v) is 7.42. The van der Waals surface area contributed by atoms with E-state index in [2.05, 4.69) is 11.7 Å². The Morgan fingerprint density at radius 3 is 2.72 bits per heavy atom. The van der Waals surface area contributed by atoms with Gasteiger partial charge in [0.15, 0.2) is 17.9 Å². The Morgan fingerprint density at radius 1 is 1.34 bits per heavy atom. The lowest BCUT2D eigenvalue weighted by molar-refractivity contribution is -0.00543. The fourth-order valence-electron chi connectivity index (χ4n) is 4.07. The molecule has 1 aromatic heterocycles. The van der Waals surface area contributed by atoms with Crippen molar-refractivity contribution in [2.75, 3.05) is 29.5 Å². The van der Waals surface area contributed by atoms with Crippen LogP contribution in [0.15, 0.2) is 23.2 Å². The molecule has 8 nitrogen and oxygen atoms in total. The number of aromatic nitrogens is 1. The third-order valence-corrected chi connectivity index (χ3v) is 5.18. The maximum absolute atomic E-state index is 15.5. The molecule has 2 aliphatic heterocycles. The van der Waals surface area contributed by atoms with E-state index in [0.717, 1.165) is 0 Å². The van der Waals surface area contributed by atoms with Crippen molar-refractivity contribution in [2.24, 2.45) is 0 Å². The number of halogens is 1. The average molecular weight is 403 g/mol. The van der Waals surface area contributed by atoms with E-state index in [1.54, 1.807) is 11.0 Å². The lowest BCUT2D eigenvalue weighted by atomic mass is 10.1. The fourth-order valence-corrected chi connectivity index (χ4v) is 4.07. The van der Waals surface area contributed by atoms with Crippen molar-refractivity contribution < 1.29 is 28.0 Å². The Labute approximate surface area is 166 Å². The van der Waals surface area contributed by atoms with Crippen molar-refractivity contribution in [1.82, 2.24) is 5.16 Å². The number of carbonyl (C=O) groups is 2. The van der Waals surface area contributed by atoms with Crippen LogP contribution in [0.4, 0.5) is 20.7 Å². The molecule has 0 aliphatic carbocycles. The van der Waals surface area contributed by atoms with Crippen LogP contribution < -0.4 is 9.80 Å². The summed E-state index contributed by atoms with van der Waals surface area (Å²) in [7, 11) is 0. The molecule has 0 bridgehead atoms. The summed E-state index contributed by atoms with van der Waals surface area (Å²) in [5.41, 5.74) is 0.210. The number of hydrogen-bond acceptors (Lipinski definition) is 7. The first-order valence-corrected chi connectivity index (χ1v) is 9.49. The molecule has 3 heterocycles. The summed E-state index contributed by atoms with van der Waals surface area (Å²) < 4.78 is 31.6. The molecule has 0 N–H and O–H groups in total. The van der Waals surface area contributed by atoms with Crippen LogP contribution in [-0.4, -0.2) is 55.5 Å². The highest BCUT2D eigenvalue weighted by molar-refractivity contribution is 6.03. The molecule has 0 radical (unpaired) electrons. The van der Waals surface area contributed by atoms with Gasteiger partial charge in [0.25, 0.3) is 0 Å². The minimum Gasteiger partial charge on any atom is -0.447 e. The minimum atomic E-state index is -0.683. The summed E-state index contributed by atoms with van der Waals surface area (Å²) in [5, 5.41) is 4.18. The lowest BCUT2D eigenvalue weighted by Crippen LogP contribution is -2.46. The van der Waals surface area contributed by atoms with Crippen LogP contribution >= 0.6 is 0 Å². The second-order valence-electron chi connectivity index (χ2n) is 7.42. The van der Waals surface area contributed by atoms with Gasteiger partial charge in [-0.3, -0.25) is 9.69 Å². The van der Waals surface area contributed by atoms with Crippen molar-refractivity contribution in [3.8, 4) is 0 Å². The Kier molecular flexibility index (Phi) is 4.99. The van der Waals surface area contributed by atoms with Gasteiger partial charge in [-0.25, -0.2) is 9.18 Å². The van der Waals surface area contributed by atoms with Crippen molar-refractivity contribution in [1.29, 1.82) is 0 Å². The molecule has 2 aromatic rings. The van der Waals surface area contributed by atoms with Crippen LogP contribution in [0.2, 0.25) is 0 Å². The van der Waals surface area contributed by atoms with E-state index in [9.17, 15) is 9.59 Å². The molecular weight excluding hydrogens is 381 g/mol. The lowest BCUT2D eigenvalue weighted by Gasteiger charge is -2.37. The second kappa shape index (κ2) is 7.47. The van der Waals surface area contributed by atoms with Crippen LogP contribution in [0.25, 0.3) is 11.0 Å². The molecule has 0 spiro atoms. The predicted molar refractivity (Wildman–Crippen MR) is 104 cm³/mol.